The van der Waals surface area contributed by atoms with Gasteiger partial charge in [0.05, 0.1) is 0 Å². The summed E-state index contributed by atoms with van der Waals surface area (Å²) in [4.78, 5) is 38.7. The number of imide groups is 1. The fourth-order valence-electron chi connectivity index (χ4n) is 3.93. The molecule has 0 saturated carbocycles. The highest BCUT2D eigenvalue weighted by Gasteiger charge is 2.49. The van der Waals surface area contributed by atoms with Crippen molar-refractivity contribution >= 4 is 23.5 Å². The zero-order chi connectivity index (χ0) is 20.8. The Labute approximate surface area is 168 Å². The van der Waals surface area contributed by atoms with Crippen molar-refractivity contribution in [3.63, 3.8) is 0 Å². The fourth-order valence-corrected chi connectivity index (χ4v) is 3.93. The summed E-state index contributed by atoms with van der Waals surface area (Å²) in [7, 11) is 0. The number of nitrogens with one attached hydrogen (secondary N) is 2. The lowest BCUT2D eigenvalue weighted by atomic mass is 9.89. The van der Waals surface area contributed by atoms with Crippen LogP contribution < -0.4 is 10.6 Å². The SMILES string of the molecule is Cc1ccc(NC(=O)CN2C(=O)N[C@@](C)(c3ccc4c(c3)CCC4)C2=O)cc1F. The van der Waals surface area contributed by atoms with Gasteiger partial charge in [0.1, 0.15) is 17.9 Å². The molecule has 0 bridgehead atoms. The van der Waals surface area contributed by atoms with Crippen molar-refractivity contribution in [1.82, 2.24) is 10.2 Å². The lowest BCUT2D eigenvalue weighted by Gasteiger charge is -2.23. The minimum absolute atomic E-state index is 0.270. The van der Waals surface area contributed by atoms with Crippen LogP contribution in [0.4, 0.5) is 14.9 Å². The minimum Gasteiger partial charge on any atom is -0.324 e. The maximum atomic E-state index is 13.7. The number of rotatable bonds is 4. The van der Waals surface area contributed by atoms with Gasteiger partial charge in [0.15, 0.2) is 0 Å². The minimum atomic E-state index is -1.22. The molecule has 2 N–H and O–H groups in total. The second-order valence-electron chi connectivity index (χ2n) is 7.80. The number of carbonyl (C=O) groups is 3. The molecule has 1 aliphatic heterocycles. The van der Waals surface area contributed by atoms with E-state index in [2.05, 4.69) is 10.6 Å². The number of nitrogens with zero attached hydrogens (tertiary/aromatic N) is 1. The van der Waals surface area contributed by atoms with Crippen LogP contribution in [0.1, 0.15) is 35.6 Å². The van der Waals surface area contributed by atoms with Crippen LogP contribution in [0.5, 0.6) is 0 Å². The Balaban J connectivity index is 1.50. The molecule has 6 nitrogen and oxygen atoms in total. The predicted molar refractivity (Wildman–Crippen MR) is 106 cm³/mol. The van der Waals surface area contributed by atoms with Gasteiger partial charge in [-0.15, -0.1) is 0 Å². The number of hydrogen-bond donors (Lipinski definition) is 2. The summed E-state index contributed by atoms with van der Waals surface area (Å²) in [6.45, 7) is 2.83. The molecule has 1 aliphatic carbocycles. The van der Waals surface area contributed by atoms with Crippen LogP contribution >= 0.6 is 0 Å². The van der Waals surface area contributed by atoms with E-state index in [1.54, 1.807) is 26.0 Å². The number of urea groups is 1. The number of anilines is 1. The number of carbonyl (C=O) groups excluding carboxylic acids is 3. The summed E-state index contributed by atoms with van der Waals surface area (Å²) in [5.74, 6) is -1.50. The molecule has 4 rings (SSSR count). The van der Waals surface area contributed by atoms with Gasteiger partial charge in [-0.25, -0.2) is 9.18 Å². The molecule has 0 radical (unpaired) electrons. The van der Waals surface area contributed by atoms with Crippen molar-refractivity contribution in [3.05, 3.63) is 64.5 Å². The second kappa shape index (κ2) is 6.99. The molecule has 2 aromatic carbocycles. The number of fused-ring (bicyclic) bond motifs is 1. The Morgan fingerprint density at radius 3 is 2.69 bits per heavy atom. The number of halogens is 1. The average molecular weight is 395 g/mol. The van der Waals surface area contributed by atoms with Crippen LogP contribution in [0.15, 0.2) is 36.4 Å². The first-order valence-corrected chi connectivity index (χ1v) is 9.60. The van der Waals surface area contributed by atoms with Gasteiger partial charge in [-0.3, -0.25) is 14.5 Å². The van der Waals surface area contributed by atoms with Crippen molar-refractivity contribution in [2.45, 2.75) is 38.6 Å². The Hall–Kier alpha value is -3.22. The van der Waals surface area contributed by atoms with Gasteiger partial charge in [-0.1, -0.05) is 24.3 Å². The summed E-state index contributed by atoms with van der Waals surface area (Å²) >= 11 is 0. The molecule has 0 spiro atoms. The van der Waals surface area contributed by atoms with Gasteiger partial charge in [0.25, 0.3) is 5.91 Å². The highest BCUT2D eigenvalue weighted by atomic mass is 19.1. The van der Waals surface area contributed by atoms with Crippen LogP contribution in [-0.4, -0.2) is 29.3 Å². The predicted octanol–water partition coefficient (Wildman–Crippen LogP) is 3.03. The van der Waals surface area contributed by atoms with Crippen molar-refractivity contribution in [1.29, 1.82) is 0 Å². The molecule has 7 heteroatoms. The Morgan fingerprint density at radius 1 is 1.17 bits per heavy atom. The lowest BCUT2D eigenvalue weighted by molar-refractivity contribution is -0.133. The highest BCUT2D eigenvalue weighted by Crippen LogP contribution is 2.32. The first-order valence-electron chi connectivity index (χ1n) is 9.60. The molecule has 1 fully saturated rings. The van der Waals surface area contributed by atoms with Gasteiger partial charge < -0.3 is 10.6 Å². The Bertz CT molecular complexity index is 1040. The van der Waals surface area contributed by atoms with Crippen molar-refractivity contribution in [2.24, 2.45) is 0 Å². The van der Waals surface area contributed by atoms with E-state index in [1.807, 2.05) is 18.2 Å². The molecule has 150 valence electrons. The van der Waals surface area contributed by atoms with Gasteiger partial charge >= 0.3 is 6.03 Å². The maximum Gasteiger partial charge on any atom is 0.325 e. The topological polar surface area (TPSA) is 78.5 Å². The monoisotopic (exact) mass is 395 g/mol. The molecule has 0 unspecified atom stereocenters. The zero-order valence-corrected chi connectivity index (χ0v) is 16.3. The molecule has 1 atom stereocenters. The molecular weight excluding hydrogens is 373 g/mol. The van der Waals surface area contributed by atoms with Gasteiger partial charge in [0.2, 0.25) is 5.91 Å². The summed E-state index contributed by atoms with van der Waals surface area (Å²) in [5.41, 5.74) is 2.69. The molecule has 29 heavy (non-hydrogen) atoms. The first-order chi connectivity index (χ1) is 13.8. The normalized spacial score (nSPS) is 20.6. The third kappa shape index (κ3) is 3.37. The van der Waals surface area contributed by atoms with E-state index in [-0.39, 0.29) is 5.69 Å². The molecule has 2 aromatic rings. The number of aryl methyl sites for hydroxylation is 3. The number of amides is 4. The van der Waals surface area contributed by atoms with E-state index >= 15 is 0 Å². The molecule has 1 heterocycles. The van der Waals surface area contributed by atoms with Crippen LogP contribution in [0, 0.1) is 12.7 Å². The highest BCUT2D eigenvalue weighted by molar-refractivity contribution is 6.10. The van der Waals surface area contributed by atoms with Crippen molar-refractivity contribution in [3.8, 4) is 0 Å². The van der Waals surface area contributed by atoms with Crippen molar-refractivity contribution in [2.75, 3.05) is 11.9 Å². The molecule has 0 aromatic heterocycles. The van der Waals surface area contributed by atoms with E-state index in [0.29, 0.717) is 11.1 Å². The average Bonchev–Trinajstić information content (AvgIpc) is 3.23. The van der Waals surface area contributed by atoms with E-state index in [1.165, 1.54) is 17.2 Å². The smallest absolute Gasteiger partial charge is 0.324 e. The largest absolute Gasteiger partial charge is 0.325 e. The fraction of sp³-hybridized carbons (Fsp3) is 0.318. The van der Waals surface area contributed by atoms with Crippen LogP contribution in [0.25, 0.3) is 0 Å². The molecule has 1 saturated heterocycles. The summed E-state index contributed by atoms with van der Waals surface area (Å²) < 4.78 is 13.7. The third-order valence-electron chi connectivity index (χ3n) is 5.71. The van der Waals surface area contributed by atoms with Gasteiger partial charge in [-0.2, -0.15) is 0 Å². The summed E-state index contributed by atoms with van der Waals surface area (Å²) in [5, 5.41) is 5.25. The van der Waals surface area contributed by atoms with Crippen LogP contribution in [0.2, 0.25) is 0 Å². The standard InChI is InChI=1S/C22H22FN3O3/c1-13-6-9-17(11-18(13)23)24-19(27)12-26-20(28)22(2,25-21(26)29)16-8-7-14-4-3-5-15(14)10-16/h6-11H,3-5,12H2,1-2H3,(H,24,27)(H,25,29)/t22-/m0/s1. The maximum absolute atomic E-state index is 13.7. The number of hydrogen-bond acceptors (Lipinski definition) is 3. The number of benzene rings is 2. The lowest BCUT2D eigenvalue weighted by Crippen LogP contribution is -2.42. The zero-order valence-electron chi connectivity index (χ0n) is 16.3. The summed E-state index contributed by atoms with van der Waals surface area (Å²) in [6.07, 6.45) is 3.07. The van der Waals surface area contributed by atoms with Crippen molar-refractivity contribution < 1.29 is 18.8 Å². The van der Waals surface area contributed by atoms with Crippen LogP contribution in [0.3, 0.4) is 0 Å². The van der Waals surface area contributed by atoms with E-state index in [9.17, 15) is 18.8 Å². The molecular formula is C22H22FN3O3. The molecule has 4 amide bonds. The van der Waals surface area contributed by atoms with Crippen LogP contribution in [-0.2, 0) is 28.0 Å². The molecule has 2 aliphatic rings. The first kappa shape index (κ1) is 19.1. The van der Waals surface area contributed by atoms with Gasteiger partial charge in [-0.05, 0) is 67.5 Å². The third-order valence-corrected chi connectivity index (χ3v) is 5.71. The second-order valence-corrected chi connectivity index (χ2v) is 7.80. The summed E-state index contributed by atoms with van der Waals surface area (Å²) in [6, 6.07) is 9.53. The van der Waals surface area contributed by atoms with E-state index < -0.39 is 35.7 Å². The Kier molecular flexibility index (Phi) is 4.61. The van der Waals surface area contributed by atoms with Gasteiger partial charge in [0, 0.05) is 5.69 Å². The quantitative estimate of drug-likeness (QED) is 0.781. The Morgan fingerprint density at radius 2 is 1.93 bits per heavy atom. The van der Waals surface area contributed by atoms with E-state index in [0.717, 1.165) is 24.2 Å². The van der Waals surface area contributed by atoms with E-state index in [4.69, 9.17) is 0 Å².